The minimum atomic E-state index is -0.0769. The molecule has 0 saturated heterocycles. The van der Waals surface area contributed by atoms with E-state index in [2.05, 4.69) is 65.8 Å². The molecule has 0 amide bonds. The van der Waals surface area contributed by atoms with Gasteiger partial charge in [0, 0.05) is 11.1 Å². The van der Waals surface area contributed by atoms with Crippen molar-refractivity contribution >= 4 is 6.08 Å². The molecule has 0 spiro atoms. The van der Waals surface area contributed by atoms with E-state index in [1.807, 2.05) is 13.8 Å². The summed E-state index contributed by atoms with van der Waals surface area (Å²) in [6.07, 6.45) is 5.46. The van der Waals surface area contributed by atoms with E-state index in [0.717, 1.165) is 29.0 Å². The third-order valence-electron chi connectivity index (χ3n) is 5.27. The number of allylic oxidation sites excluding steroid dienone is 1. The van der Waals surface area contributed by atoms with Gasteiger partial charge in [-0.25, -0.2) is 0 Å². The van der Waals surface area contributed by atoms with Crippen molar-refractivity contribution in [2.45, 2.75) is 67.2 Å². The topological polar surface area (TPSA) is 46.2 Å². The van der Waals surface area contributed by atoms with E-state index in [4.69, 9.17) is 23.7 Å². The highest BCUT2D eigenvalue weighted by Crippen LogP contribution is 2.42. The van der Waals surface area contributed by atoms with Crippen LogP contribution in [-0.2, 0) is 19.6 Å². The van der Waals surface area contributed by atoms with Crippen LogP contribution in [-0.4, -0.2) is 52.9 Å². The summed E-state index contributed by atoms with van der Waals surface area (Å²) in [5.74, 6) is 1.58. The number of fused-ring (bicyclic) bond motifs is 1. The van der Waals surface area contributed by atoms with Gasteiger partial charge in [0.2, 0.25) is 0 Å². The molecule has 1 aromatic rings. The van der Waals surface area contributed by atoms with Crippen LogP contribution < -0.4 is 9.47 Å². The van der Waals surface area contributed by atoms with Crippen LogP contribution in [0.5, 0.6) is 11.5 Å². The molecule has 0 N–H and O–H groups in total. The standard InChI is InChI=1S/C25H40O5.C2H6/c1-7-25(5,6)11-10-20-8-9-21(24(2,3)4)23-22(20)29-18-16-27-14-12-26-13-15-28-17-19-30-23;1-2/h8-11H,7,12-19H2,1-6H3;1-2H3/b11-10+;. The number of benzene rings is 1. The van der Waals surface area contributed by atoms with E-state index in [-0.39, 0.29) is 10.8 Å². The second kappa shape index (κ2) is 14.6. The second-order valence-corrected chi connectivity index (χ2v) is 9.32. The minimum Gasteiger partial charge on any atom is -0.487 e. The maximum atomic E-state index is 6.25. The molecule has 0 aliphatic carbocycles. The summed E-state index contributed by atoms with van der Waals surface area (Å²) < 4.78 is 29.3. The van der Waals surface area contributed by atoms with Crippen molar-refractivity contribution in [3.63, 3.8) is 0 Å². The summed E-state index contributed by atoms with van der Waals surface area (Å²) >= 11 is 0. The fraction of sp³-hybridized carbons (Fsp3) is 0.704. The van der Waals surface area contributed by atoms with E-state index < -0.39 is 0 Å². The molecule has 1 aromatic carbocycles. The maximum Gasteiger partial charge on any atom is 0.168 e. The highest BCUT2D eigenvalue weighted by atomic mass is 16.6. The first-order valence-electron chi connectivity index (χ1n) is 12.1. The highest BCUT2D eigenvalue weighted by molar-refractivity contribution is 5.66. The number of ether oxygens (including phenoxy) is 5. The van der Waals surface area contributed by atoms with Crippen molar-refractivity contribution in [3.8, 4) is 11.5 Å². The Morgan fingerprint density at radius 2 is 1.19 bits per heavy atom. The van der Waals surface area contributed by atoms with Crippen molar-refractivity contribution < 1.29 is 23.7 Å². The fourth-order valence-corrected chi connectivity index (χ4v) is 2.97. The van der Waals surface area contributed by atoms with Crippen LogP contribution in [0.3, 0.4) is 0 Å². The Labute approximate surface area is 196 Å². The Hall–Kier alpha value is -1.56. The van der Waals surface area contributed by atoms with Crippen LogP contribution in [0.4, 0.5) is 0 Å². The smallest absolute Gasteiger partial charge is 0.168 e. The molecule has 2 rings (SSSR count). The third-order valence-corrected chi connectivity index (χ3v) is 5.27. The van der Waals surface area contributed by atoms with Gasteiger partial charge in [-0.15, -0.1) is 0 Å². The van der Waals surface area contributed by atoms with Crippen LogP contribution in [0, 0.1) is 5.41 Å². The van der Waals surface area contributed by atoms with Gasteiger partial charge in [0.05, 0.1) is 39.6 Å². The number of hydrogen-bond acceptors (Lipinski definition) is 5. The lowest BCUT2D eigenvalue weighted by Crippen LogP contribution is -2.17. The molecule has 0 unspecified atom stereocenters. The molecular weight excluding hydrogens is 404 g/mol. The first-order valence-corrected chi connectivity index (χ1v) is 12.1. The van der Waals surface area contributed by atoms with Crippen molar-refractivity contribution in [2.24, 2.45) is 5.41 Å². The Morgan fingerprint density at radius 3 is 1.66 bits per heavy atom. The van der Waals surface area contributed by atoms with Crippen molar-refractivity contribution in [3.05, 3.63) is 29.3 Å². The van der Waals surface area contributed by atoms with Gasteiger partial charge in [-0.3, -0.25) is 0 Å². The van der Waals surface area contributed by atoms with E-state index in [0.29, 0.717) is 52.9 Å². The second-order valence-electron chi connectivity index (χ2n) is 9.32. The Kier molecular flexibility index (Phi) is 13.0. The molecule has 184 valence electrons. The molecule has 0 aromatic heterocycles. The SMILES string of the molecule is CC.CCC(C)(C)/C=C/c1ccc(C(C)(C)C)c2c1OCCOCCOCCOCCO2. The molecular formula is C27H46O5. The lowest BCUT2D eigenvalue weighted by Gasteiger charge is -2.26. The summed E-state index contributed by atoms with van der Waals surface area (Å²) in [5.41, 5.74) is 2.19. The van der Waals surface area contributed by atoms with Crippen LogP contribution >= 0.6 is 0 Å². The van der Waals surface area contributed by atoms with Gasteiger partial charge in [-0.1, -0.05) is 79.7 Å². The maximum absolute atomic E-state index is 6.25. The Balaban J connectivity index is 0.00000249. The third kappa shape index (κ3) is 9.93. The zero-order valence-electron chi connectivity index (χ0n) is 21.7. The lowest BCUT2D eigenvalue weighted by atomic mass is 9.84. The Bertz CT molecular complexity index is 673. The normalized spacial score (nSPS) is 17.1. The summed E-state index contributed by atoms with van der Waals surface area (Å²) in [5, 5.41) is 0. The van der Waals surface area contributed by atoms with Crippen LogP contribution in [0.15, 0.2) is 18.2 Å². The van der Waals surface area contributed by atoms with Crippen molar-refractivity contribution in [1.29, 1.82) is 0 Å². The summed E-state index contributed by atoms with van der Waals surface area (Å²) in [7, 11) is 0. The zero-order valence-corrected chi connectivity index (χ0v) is 21.7. The molecule has 1 heterocycles. The van der Waals surface area contributed by atoms with Crippen molar-refractivity contribution in [1.82, 2.24) is 0 Å². The lowest BCUT2D eigenvalue weighted by molar-refractivity contribution is 0.00704. The van der Waals surface area contributed by atoms with E-state index >= 15 is 0 Å². The van der Waals surface area contributed by atoms with Gasteiger partial charge in [0.1, 0.15) is 13.2 Å². The number of hydrogen-bond donors (Lipinski definition) is 0. The van der Waals surface area contributed by atoms with Crippen LogP contribution in [0.1, 0.15) is 72.9 Å². The highest BCUT2D eigenvalue weighted by Gasteiger charge is 2.24. The molecule has 0 bridgehead atoms. The predicted molar refractivity (Wildman–Crippen MR) is 133 cm³/mol. The molecule has 0 atom stereocenters. The van der Waals surface area contributed by atoms with Crippen molar-refractivity contribution in [2.75, 3.05) is 52.9 Å². The average Bonchev–Trinajstić information content (AvgIpc) is 2.77. The monoisotopic (exact) mass is 450 g/mol. The van der Waals surface area contributed by atoms with Crippen LogP contribution in [0.25, 0.3) is 6.08 Å². The molecule has 5 nitrogen and oxygen atoms in total. The molecule has 1 aliphatic heterocycles. The van der Waals surface area contributed by atoms with Gasteiger partial charge >= 0.3 is 0 Å². The molecule has 0 radical (unpaired) electrons. The Morgan fingerprint density at radius 1 is 0.719 bits per heavy atom. The molecule has 1 aliphatic rings. The first kappa shape index (κ1) is 28.5. The molecule has 0 fully saturated rings. The summed E-state index contributed by atoms with van der Waals surface area (Å²) in [6, 6.07) is 4.28. The molecule has 0 saturated carbocycles. The predicted octanol–water partition coefficient (Wildman–Crippen LogP) is 6.28. The summed E-state index contributed by atoms with van der Waals surface area (Å²) in [4.78, 5) is 0. The van der Waals surface area contributed by atoms with Gasteiger partial charge in [-0.2, -0.15) is 0 Å². The summed E-state index contributed by atoms with van der Waals surface area (Å²) in [6.45, 7) is 21.4. The van der Waals surface area contributed by atoms with Gasteiger partial charge < -0.3 is 23.7 Å². The van der Waals surface area contributed by atoms with E-state index in [9.17, 15) is 0 Å². The van der Waals surface area contributed by atoms with Gasteiger partial charge in [0.25, 0.3) is 0 Å². The molecule has 5 heteroatoms. The largest absolute Gasteiger partial charge is 0.487 e. The van der Waals surface area contributed by atoms with Gasteiger partial charge in [-0.05, 0) is 17.3 Å². The molecule has 32 heavy (non-hydrogen) atoms. The first-order chi connectivity index (χ1) is 15.2. The van der Waals surface area contributed by atoms with E-state index in [1.165, 1.54) is 0 Å². The zero-order chi connectivity index (χ0) is 24.0. The number of rotatable bonds is 3. The minimum absolute atomic E-state index is 0.0769. The quantitative estimate of drug-likeness (QED) is 0.542. The van der Waals surface area contributed by atoms with Gasteiger partial charge in [0.15, 0.2) is 11.5 Å². The average molecular weight is 451 g/mol. The van der Waals surface area contributed by atoms with E-state index in [1.54, 1.807) is 0 Å². The fourth-order valence-electron chi connectivity index (χ4n) is 2.97. The van der Waals surface area contributed by atoms with Crippen LogP contribution in [0.2, 0.25) is 0 Å².